The van der Waals surface area contributed by atoms with Crippen LogP contribution >= 0.6 is 0 Å². The Balaban J connectivity index is 1.82. The van der Waals surface area contributed by atoms with E-state index in [9.17, 15) is 9.18 Å². The minimum Gasteiger partial charge on any atom is -0.454 e. The average Bonchev–Trinajstić information content (AvgIpc) is 2.99. The topological polar surface area (TPSA) is 26.3 Å². The number of esters is 1. The number of rotatable bonds is 3. The summed E-state index contributed by atoms with van der Waals surface area (Å²) in [7, 11) is 0. The molecule has 0 aliphatic heterocycles. The van der Waals surface area contributed by atoms with Crippen molar-refractivity contribution < 1.29 is 13.9 Å². The van der Waals surface area contributed by atoms with Gasteiger partial charge in [0.25, 0.3) is 0 Å². The summed E-state index contributed by atoms with van der Waals surface area (Å²) < 4.78 is 18.4. The van der Waals surface area contributed by atoms with Crippen LogP contribution in [0.15, 0.2) is 12.4 Å². The lowest BCUT2D eigenvalue weighted by Crippen LogP contribution is -2.44. The summed E-state index contributed by atoms with van der Waals surface area (Å²) in [5, 5.41) is 0. The molecular formula is C15H21FO2. The van der Waals surface area contributed by atoms with Crippen LogP contribution in [0, 0.1) is 23.7 Å². The van der Waals surface area contributed by atoms with E-state index in [1.807, 2.05) is 0 Å². The Kier molecular flexibility index (Phi) is 2.76. The van der Waals surface area contributed by atoms with E-state index in [-0.39, 0.29) is 0 Å². The number of carbonyl (C=O) groups excluding carboxylic acids is 1. The molecule has 3 fully saturated rings. The minimum absolute atomic E-state index is 0.401. The highest BCUT2D eigenvalue weighted by Gasteiger charge is 2.62. The van der Waals surface area contributed by atoms with E-state index < -0.39 is 17.4 Å². The van der Waals surface area contributed by atoms with Gasteiger partial charge in [0.2, 0.25) is 5.83 Å². The van der Waals surface area contributed by atoms with Gasteiger partial charge in [-0.2, -0.15) is 4.39 Å². The second kappa shape index (κ2) is 4.07. The van der Waals surface area contributed by atoms with Crippen molar-refractivity contribution in [2.45, 2.75) is 51.0 Å². The monoisotopic (exact) mass is 252 g/mol. The summed E-state index contributed by atoms with van der Waals surface area (Å²) in [6.07, 6.45) is 6.84. The Bertz CT molecular complexity index is 392. The zero-order chi connectivity index (χ0) is 12.9. The number of fused-ring (bicyclic) bond motifs is 5. The molecular weight excluding hydrogens is 231 g/mol. The third kappa shape index (κ3) is 1.55. The first-order chi connectivity index (χ1) is 8.57. The molecule has 0 radical (unpaired) electrons. The van der Waals surface area contributed by atoms with Gasteiger partial charge in [-0.25, -0.2) is 4.79 Å². The fourth-order valence-electron chi connectivity index (χ4n) is 5.05. The normalized spacial score (nSPS) is 45.0. The lowest BCUT2D eigenvalue weighted by atomic mass is 9.71. The van der Waals surface area contributed by atoms with E-state index in [0.29, 0.717) is 17.8 Å². The molecule has 0 aromatic heterocycles. The smallest absolute Gasteiger partial charge is 0.367 e. The summed E-state index contributed by atoms with van der Waals surface area (Å²) in [5.74, 6) is 0.908. The molecule has 0 heterocycles. The first-order valence-corrected chi connectivity index (χ1v) is 7.15. The van der Waals surface area contributed by atoms with Crippen molar-refractivity contribution in [3.8, 4) is 0 Å². The maximum Gasteiger partial charge on any atom is 0.367 e. The van der Waals surface area contributed by atoms with E-state index in [0.717, 1.165) is 18.8 Å². The van der Waals surface area contributed by atoms with Gasteiger partial charge in [0.1, 0.15) is 5.60 Å². The molecule has 3 aliphatic rings. The van der Waals surface area contributed by atoms with Crippen LogP contribution in [-0.4, -0.2) is 11.6 Å². The molecule has 3 aliphatic carbocycles. The molecule has 2 nitrogen and oxygen atoms in total. The highest BCUT2D eigenvalue weighted by atomic mass is 19.1. The van der Waals surface area contributed by atoms with E-state index in [2.05, 4.69) is 13.5 Å². The van der Waals surface area contributed by atoms with Crippen LogP contribution in [0.3, 0.4) is 0 Å². The molecule has 3 saturated carbocycles. The molecule has 100 valence electrons. The molecule has 18 heavy (non-hydrogen) atoms. The maximum atomic E-state index is 12.9. The van der Waals surface area contributed by atoms with Crippen molar-refractivity contribution in [3.63, 3.8) is 0 Å². The van der Waals surface area contributed by atoms with Gasteiger partial charge in [0.15, 0.2) is 0 Å². The van der Waals surface area contributed by atoms with Gasteiger partial charge in [-0.1, -0.05) is 19.9 Å². The summed E-state index contributed by atoms with van der Waals surface area (Å²) in [5.41, 5.74) is -0.401. The number of hydrogen-bond donors (Lipinski definition) is 0. The maximum absolute atomic E-state index is 12.9. The first kappa shape index (κ1) is 12.2. The highest BCUT2D eigenvalue weighted by molar-refractivity contribution is 5.85. The number of carbonyl (C=O) groups is 1. The van der Waals surface area contributed by atoms with Crippen molar-refractivity contribution >= 4 is 5.97 Å². The summed E-state index contributed by atoms with van der Waals surface area (Å²) in [6.45, 7) is 5.10. The van der Waals surface area contributed by atoms with Gasteiger partial charge in [0, 0.05) is 5.92 Å². The Labute approximate surface area is 108 Å². The van der Waals surface area contributed by atoms with Crippen molar-refractivity contribution in [2.24, 2.45) is 23.7 Å². The first-order valence-electron chi connectivity index (χ1n) is 7.15. The standard InChI is InChI=1S/C15H21FO2/c1-3-15(18-14(17)9(2)16)8-10-7-13(15)12-6-4-5-11(10)12/h10-13H,2-8H2,1H3. The minimum atomic E-state index is -0.964. The molecule has 2 bridgehead atoms. The van der Waals surface area contributed by atoms with Crippen LogP contribution in [0.25, 0.3) is 0 Å². The quantitative estimate of drug-likeness (QED) is 0.566. The molecule has 3 heteroatoms. The van der Waals surface area contributed by atoms with Crippen molar-refractivity contribution in [1.82, 2.24) is 0 Å². The Morgan fingerprint density at radius 2 is 2.17 bits per heavy atom. The highest BCUT2D eigenvalue weighted by Crippen LogP contribution is 2.64. The molecule has 0 aromatic rings. The third-order valence-corrected chi connectivity index (χ3v) is 5.70. The van der Waals surface area contributed by atoms with E-state index in [4.69, 9.17) is 4.74 Å². The zero-order valence-corrected chi connectivity index (χ0v) is 11.0. The van der Waals surface area contributed by atoms with E-state index in [1.165, 1.54) is 25.7 Å². The zero-order valence-electron chi connectivity index (χ0n) is 11.0. The van der Waals surface area contributed by atoms with Crippen LogP contribution in [-0.2, 0) is 9.53 Å². The van der Waals surface area contributed by atoms with Crippen LogP contribution in [0.1, 0.15) is 45.4 Å². The molecule has 0 aromatic carbocycles. The molecule has 5 unspecified atom stereocenters. The number of ether oxygens (including phenoxy) is 1. The fourth-order valence-corrected chi connectivity index (χ4v) is 5.05. The number of hydrogen-bond acceptors (Lipinski definition) is 2. The molecule has 0 N–H and O–H groups in total. The van der Waals surface area contributed by atoms with Crippen molar-refractivity contribution in [1.29, 1.82) is 0 Å². The van der Waals surface area contributed by atoms with Gasteiger partial charge in [-0.3, -0.25) is 0 Å². The molecule has 5 atom stereocenters. The van der Waals surface area contributed by atoms with E-state index in [1.54, 1.807) is 0 Å². The molecule has 0 amide bonds. The Morgan fingerprint density at radius 3 is 2.83 bits per heavy atom. The summed E-state index contributed by atoms with van der Waals surface area (Å²) in [6, 6.07) is 0. The Hall–Kier alpha value is -0.860. The second-order valence-corrected chi connectivity index (χ2v) is 6.28. The SMILES string of the molecule is C=C(F)C(=O)OC1(CC)CC2CC1C1CCCC21. The summed E-state index contributed by atoms with van der Waals surface area (Å²) >= 11 is 0. The largest absolute Gasteiger partial charge is 0.454 e. The second-order valence-electron chi connectivity index (χ2n) is 6.28. The predicted octanol–water partition coefficient (Wildman–Crippen LogP) is 3.62. The molecule has 0 saturated heterocycles. The van der Waals surface area contributed by atoms with Crippen LogP contribution < -0.4 is 0 Å². The van der Waals surface area contributed by atoms with Crippen LogP contribution in [0.2, 0.25) is 0 Å². The average molecular weight is 252 g/mol. The third-order valence-electron chi connectivity index (χ3n) is 5.70. The lowest BCUT2D eigenvalue weighted by molar-refractivity contribution is -0.167. The summed E-state index contributed by atoms with van der Waals surface area (Å²) in [4.78, 5) is 11.5. The van der Waals surface area contributed by atoms with Crippen LogP contribution in [0.5, 0.6) is 0 Å². The van der Waals surface area contributed by atoms with Gasteiger partial charge >= 0.3 is 5.97 Å². The van der Waals surface area contributed by atoms with E-state index >= 15 is 0 Å². The molecule has 0 spiro atoms. The predicted molar refractivity (Wildman–Crippen MR) is 66.4 cm³/mol. The molecule has 3 rings (SSSR count). The lowest BCUT2D eigenvalue weighted by Gasteiger charge is -2.41. The van der Waals surface area contributed by atoms with Gasteiger partial charge in [-0.15, -0.1) is 0 Å². The van der Waals surface area contributed by atoms with Gasteiger partial charge < -0.3 is 4.74 Å². The van der Waals surface area contributed by atoms with Crippen LogP contribution in [0.4, 0.5) is 4.39 Å². The van der Waals surface area contributed by atoms with Gasteiger partial charge in [0.05, 0.1) is 0 Å². The van der Waals surface area contributed by atoms with Crippen molar-refractivity contribution in [2.75, 3.05) is 0 Å². The van der Waals surface area contributed by atoms with Crippen molar-refractivity contribution in [3.05, 3.63) is 12.4 Å². The fraction of sp³-hybridized carbons (Fsp3) is 0.800. The Morgan fingerprint density at radius 1 is 1.44 bits per heavy atom. The van der Waals surface area contributed by atoms with Gasteiger partial charge in [-0.05, 0) is 49.9 Å². The number of halogens is 1.